The Hall–Kier alpha value is -2.49. The molecule has 0 amide bonds. The van der Waals surface area contributed by atoms with E-state index >= 15 is 0 Å². The first-order valence-electron chi connectivity index (χ1n) is 6.90. The monoisotopic (exact) mass is 283 g/mol. The number of hydrogen-bond acceptors (Lipinski definition) is 4. The van der Waals surface area contributed by atoms with Crippen molar-refractivity contribution in [2.45, 2.75) is 19.1 Å². The third-order valence-electron chi connectivity index (χ3n) is 3.56. The molecule has 2 aromatic carbocycles. The van der Waals surface area contributed by atoms with E-state index in [2.05, 4.69) is 5.32 Å². The number of fused-ring (bicyclic) bond motifs is 1. The smallest absolute Gasteiger partial charge is 0.328 e. The van der Waals surface area contributed by atoms with E-state index in [0.29, 0.717) is 13.0 Å². The summed E-state index contributed by atoms with van der Waals surface area (Å²) in [5.41, 5.74) is 3.18. The van der Waals surface area contributed by atoms with Crippen LogP contribution in [0.3, 0.4) is 0 Å². The molecule has 0 unspecified atom stereocenters. The SMILES string of the molecule is COC(=O)[C@H]1Cc2cc(OCc3ccccc3)ccc2N1. The second-order valence-electron chi connectivity index (χ2n) is 5.02. The van der Waals surface area contributed by atoms with Gasteiger partial charge in [-0.15, -0.1) is 0 Å². The first-order chi connectivity index (χ1) is 10.3. The fourth-order valence-electron chi connectivity index (χ4n) is 2.45. The number of benzene rings is 2. The highest BCUT2D eigenvalue weighted by molar-refractivity contribution is 5.82. The van der Waals surface area contributed by atoms with Crippen LogP contribution in [0.25, 0.3) is 0 Å². The highest BCUT2D eigenvalue weighted by Gasteiger charge is 2.27. The van der Waals surface area contributed by atoms with Crippen LogP contribution in [0.1, 0.15) is 11.1 Å². The van der Waals surface area contributed by atoms with E-state index in [1.54, 1.807) is 0 Å². The van der Waals surface area contributed by atoms with Crippen LogP contribution in [0.4, 0.5) is 5.69 Å². The zero-order valence-electron chi connectivity index (χ0n) is 11.8. The van der Waals surface area contributed by atoms with Crippen molar-refractivity contribution in [2.24, 2.45) is 0 Å². The average molecular weight is 283 g/mol. The van der Waals surface area contributed by atoms with E-state index < -0.39 is 0 Å². The normalized spacial score (nSPS) is 16.0. The van der Waals surface area contributed by atoms with Crippen molar-refractivity contribution in [1.29, 1.82) is 0 Å². The van der Waals surface area contributed by atoms with Crippen LogP contribution in [-0.4, -0.2) is 19.1 Å². The quantitative estimate of drug-likeness (QED) is 0.877. The van der Waals surface area contributed by atoms with Crippen LogP contribution >= 0.6 is 0 Å². The van der Waals surface area contributed by atoms with E-state index in [0.717, 1.165) is 22.6 Å². The summed E-state index contributed by atoms with van der Waals surface area (Å²) >= 11 is 0. The second kappa shape index (κ2) is 5.87. The van der Waals surface area contributed by atoms with Gasteiger partial charge in [0.2, 0.25) is 0 Å². The molecule has 2 aromatic rings. The molecule has 0 saturated heterocycles. The molecule has 3 rings (SSSR count). The highest BCUT2D eigenvalue weighted by Crippen LogP contribution is 2.30. The molecule has 1 heterocycles. The third kappa shape index (κ3) is 2.99. The van der Waals surface area contributed by atoms with Gasteiger partial charge in [-0.2, -0.15) is 0 Å². The Balaban J connectivity index is 1.67. The van der Waals surface area contributed by atoms with Crippen molar-refractivity contribution in [1.82, 2.24) is 0 Å². The van der Waals surface area contributed by atoms with E-state index in [-0.39, 0.29) is 12.0 Å². The summed E-state index contributed by atoms with van der Waals surface area (Å²) in [5.74, 6) is 0.572. The lowest BCUT2D eigenvalue weighted by Gasteiger charge is -2.08. The molecule has 1 aliphatic rings. The van der Waals surface area contributed by atoms with E-state index in [1.165, 1.54) is 7.11 Å². The fourth-order valence-corrected chi connectivity index (χ4v) is 2.45. The summed E-state index contributed by atoms with van der Waals surface area (Å²) in [6.07, 6.45) is 0.630. The molecule has 1 N–H and O–H groups in total. The molecule has 0 spiro atoms. The lowest BCUT2D eigenvalue weighted by molar-refractivity contribution is -0.141. The molecule has 21 heavy (non-hydrogen) atoms. The van der Waals surface area contributed by atoms with Crippen LogP contribution in [0, 0.1) is 0 Å². The summed E-state index contributed by atoms with van der Waals surface area (Å²) < 4.78 is 10.6. The highest BCUT2D eigenvalue weighted by atomic mass is 16.5. The predicted molar refractivity (Wildman–Crippen MR) is 80.3 cm³/mol. The first-order valence-corrected chi connectivity index (χ1v) is 6.90. The number of methoxy groups -OCH3 is 1. The number of hydrogen-bond donors (Lipinski definition) is 1. The molecule has 0 radical (unpaired) electrons. The Morgan fingerprint density at radius 3 is 2.81 bits per heavy atom. The zero-order chi connectivity index (χ0) is 14.7. The maximum Gasteiger partial charge on any atom is 0.328 e. The van der Waals surface area contributed by atoms with Crippen molar-refractivity contribution in [3.8, 4) is 5.75 Å². The summed E-state index contributed by atoms with van der Waals surface area (Å²) in [6, 6.07) is 15.6. The van der Waals surface area contributed by atoms with Crippen molar-refractivity contribution < 1.29 is 14.3 Å². The van der Waals surface area contributed by atoms with Gasteiger partial charge in [-0.25, -0.2) is 4.79 Å². The molecule has 1 aliphatic heterocycles. The van der Waals surface area contributed by atoms with Gasteiger partial charge in [0.1, 0.15) is 18.4 Å². The van der Waals surface area contributed by atoms with E-state index in [4.69, 9.17) is 9.47 Å². The van der Waals surface area contributed by atoms with Crippen LogP contribution < -0.4 is 10.1 Å². The van der Waals surface area contributed by atoms with Crippen LogP contribution in [-0.2, 0) is 22.6 Å². The van der Waals surface area contributed by atoms with Gasteiger partial charge in [0, 0.05) is 12.1 Å². The second-order valence-corrected chi connectivity index (χ2v) is 5.02. The Labute approximate surface area is 123 Å². The lowest BCUT2D eigenvalue weighted by Crippen LogP contribution is -2.27. The van der Waals surface area contributed by atoms with Gasteiger partial charge in [0.25, 0.3) is 0 Å². The number of ether oxygens (including phenoxy) is 2. The minimum atomic E-state index is -0.297. The summed E-state index contributed by atoms with van der Waals surface area (Å²) in [6.45, 7) is 0.535. The Morgan fingerprint density at radius 2 is 2.05 bits per heavy atom. The molecule has 4 nitrogen and oxygen atoms in total. The summed E-state index contributed by atoms with van der Waals surface area (Å²) in [4.78, 5) is 11.6. The minimum absolute atomic E-state index is 0.238. The van der Waals surface area contributed by atoms with Crippen LogP contribution in [0.2, 0.25) is 0 Å². The summed E-state index contributed by atoms with van der Waals surface area (Å²) in [7, 11) is 1.40. The van der Waals surface area contributed by atoms with Crippen molar-refractivity contribution >= 4 is 11.7 Å². The minimum Gasteiger partial charge on any atom is -0.489 e. The largest absolute Gasteiger partial charge is 0.489 e. The van der Waals surface area contributed by atoms with Crippen molar-refractivity contribution in [2.75, 3.05) is 12.4 Å². The molecular weight excluding hydrogens is 266 g/mol. The van der Waals surface area contributed by atoms with Crippen molar-refractivity contribution in [3.63, 3.8) is 0 Å². The Kier molecular flexibility index (Phi) is 3.77. The van der Waals surface area contributed by atoms with E-state index in [1.807, 2.05) is 48.5 Å². The first kappa shape index (κ1) is 13.5. The molecule has 0 fully saturated rings. The fraction of sp³-hybridized carbons (Fsp3) is 0.235. The number of nitrogens with one attached hydrogen (secondary N) is 1. The van der Waals surface area contributed by atoms with Gasteiger partial charge in [-0.3, -0.25) is 0 Å². The van der Waals surface area contributed by atoms with Gasteiger partial charge in [-0.1, -0.05) is 30.3 Å². The molecule has 4 heteroatoms. The number of anilines is 1. The number of esters is 1. The maximum absolute atomic E-state index is 11.6. The summed E-state index contributed by atoms with van der Waals surface area (Å²) in [5, 5.41) is 3.16. The van der Waals surface area contributed by atoms with Crippen LogP contribution in [0.15, 0.2) is 48.5 Å². The Morgan fingerprint density at radius 1 is 1.24 bits per heavy atom. The molecule has 1 atom stereocenters. The molecule has 108 valence electrons. The standard InChI is InChI=1S/C17H17NO3/c1-20-17(19)16-10-13-9-14(7-8-15(13)18-16)21-11-12-5-3-2-4-6-12/h2-9,16,18H,10-11H2,1H3/t16-/m1/s1. The van der Waals surface area contributed by atoms with Gasteiger partial charge < -0.3 is 14.8 Å². The van der Waals surface area contributed by atoms with E-state index in [9.17, 15) is 4.79 Å². The van der Waals surface area contributed by atoms with Crippen LogP contribution in [0.5, 0.6) is 5.75 Å². The lowest BCUT2D eigenvalue weighted by atomic mass is 10.1. The molecule has 0 aliphatic carbocycles. The van der Waals surface area contributed by atoms with Crippen molar-refractivity contribution in [3.05, 3.63) is 59.7 Å². The maximum atomic E-state index is 11.6. The number of carbonyl (C=O) groups is 1. The number of carbonyl (C=O) groups excluding carboxylic acids is 1. The van der Waals surface area contributed by atoms with Gasteiger partial charge in [0.15, 0.2) is 0 Å². The topological polar surface area (TPSA) is 47.6 Å². The predicted octanol–water partition coefficient (Wildman–Crippen LogP) is 2.78. The zero-order valence-corrected chi connectivity index (χ0v) is 11.8. The van der Waals surface area contributed by atoms with Gasteiger partial charge in [0.05, 0.1) is 7.11 Å². The molecule has 0 aromatic heterocycles. The number of rotatable bonds is 4. The third-order valence-corrected chi connectivity index (χ3v) is 3.56. The Bertz CT molecular complexity index is 640. The van der Waals surface area contributed by atoms with Gasteiger partial charge >= 0.3 is 5.97 Å². The molecule has 0 saturated carbocycles. The molecular formula is C17H17NO3. The van der Waals surface area contributed by atoms with Gasteiger partial charge in [-0.05, 0) is 29.3 Å². The average Bonchev–Trinajstić information content (AvgIpc) is 2.96. The molecule has 0 bridgehead atoms.